The van der Waals surface area contributed by atoms with Crippen molar-refractivity contribution >= 4 is 29.9 Å². The maximum absolute atomic E-state index is 13.4. The molecule has 8 heteroatoms. The molecule has 1 atom stereocenters. The highest BCUT2D eigenvalue weighted by atomic mass is 127. The van der Waals surface area contributed by atoms with Crippen LogP contribution in [-0.2, 0) is 11.3 Å². The molecule has 5 nitrogen and oxygen atoms in total. The van der Waals surface area contributed by atoms with E-state index < -0.39 is 11.6 Å². The third kappa shape index (κ3) is 8.63. The summed E-state index contributed by atoms with van der Waals surface area (Å²) in [5, 5.41) is 6.85. The number of halogens is 3. The van der Waals surface area contributed by atoms with Crippen molar-refractivity contribution in [2.75, 3.05) is 33.3 Å². The Labute approximate surface area is 197 Å². The van der Waals surface area contributed by atoms with Crippen LogP contribution in [0.5, 0.6) is 0 Å². The van der Waals surface area contributed by atoms with Gasteiger partial charge in [-0.1, -0.05) is 26.8 Å². The van der Waals surface area contributed by atoms with Crippen molar-refractivity contribution in [2.45, 2.75) is 59.2 Å². The van der Waals surface area contributed by atoms with Gasteiger partial charge in [-0.15, -0.1) is 24.0 Å². The lowest BCUT2D eigenvalue weighted by atomic mass is 9.89. The molecular weight excluding hydrogens is 501 g/mol. The first-order valence-corrected chi connectivity index (χ1v) is 10.5. The summed E-state index contributed by atoms with van der Waals surface area (Å²) in [6, 6.07) is 4.48. The Morgan fingerprint density at radius 1 is 1.23 bits per heavy atom. The van der Waals surface area contributed by atoms with Crippen LogP contribution in [0, 0.1) is 17.0 Å². The van der Waals surface area contributed by atoms with Crippen LogP contribution in [0.3, 0.4) is 0 Å². The van der Waals surface area contributed by atoms with Crippen molar-refractivity contribution < 1.29 is 13.5 Å². The second kappa shape index (κ2) is 12.8. The van der Waals surface area contributed by atoms with Gasteiger partial charge in [0.1, 0.15) is 0 Å². The lowest BCUT2D eigenvalue weighted by Gasteiger charge is -2.33. The van der Waals surface area contributed by atoms with Gasteiger partial charge in [0.25, 0.3) is 0 Å². The lowest BCUT2D eigenvalue weighted by Crippen LogP contribution is -2.49. The fraction of sp³-hybridized carbons (Fsp3) is 0.682. The van der Waals surface area contributed by atoms with E-state index in [0.717, 1.165) is 44.0 Å². The van der Waals surface area contributed by atoms with Crippen LogP contribution in [0.2, 0.25) is 0 Å². The normalized spacial score (nSPS) is 17.4. The lowest BCUT2D eigenvalue weighted by molar-refractivity contribution is 0.0241. The number of guanidine groups is 1. The van der Waals surface area contributed by atoms with E-state index in [9.17, 15) is 8.78 Å². The van der Waals surface area contributed by atoms with Crippen molar-refractivity contribution in [3.63, 3.8) is 0 Å². The van der Waals surface area contributed by atoms with Gasteiger partial charge in [0, 0.05) is 39.3 Å². The van der Waals surface area contributed by atoms with E-state index >= 15 is 0 Å². The van der Waals surface area contributed by atoms with Gasteiger partial charge in [-0.3, -0.25) is 9.89 Å². The zero-order chi connectivity index (χ0) is 21.4. The molecule has 1 heterocycles. The summed E-state index contributed by atoms with van der Waals surface area (Å²) in [6.07, 6.45) is 2.00. The standard InChI is InChI=1S/C22H36F2N4O.HI/c1-6-25-21(26-14-20(29-5)22(2,3)4)27-17-9-11-28(12-10-17)15-16-7-8-18(23)19(24)13-16;/h7-8,13,17,20H,6,9-12,14-15H2,1-5H3,(H2,25,26,27);1H. The number of benzene rings is 1. The number of nitrogens with one attached hydrogen (secondary N) is 2. The van der Waals surface area contributed by atoms with E-state index in [4.69, 9.17) is 9.73 Å². The largest absolute Gasteiger partial charge is 0.379 e. The fourth-order valence-electron chi connectivity index (χ4n) is 3.52. The summed E-state index contributed by atoms with van der Waals surface area (Å²) in [5.74, 6) is -0.762. The molecule has 0 radical (unpaired) electrons. The van der Waals surface area contributed by atoms with Crippen LogP contribution in [0.25, 0.3) is 0 Å². The van der Waals surface area contributed by atoms with Gasteiger partial charge in [-0.05, 0) is 42.9 Å². The van der Waals surface area contributed by atoms with E-state index in [1.807, 2.05) is 0 Å². The Hall–Kier alpha value is -1.00. The maximum Gasteiger partial charge on any atom is 0.191 e. The number of ether oxygens (including phenoxy) is 1. The smallest absolute Gasteiger partial charge is 0.191 e. The summed E-state index contributed by atoms with van der Waals surface area (Å²) < 4.78 is 32.1. The van der Waals surface area contributed by atoms with Crippen LogP contribution in [0.15, 0.2) is 23.2 Å². The van der Waals surface area contributed by atoms with Crippen LogP contribution in [0.1, 0.15) is 46.1 Å². The maximum atomic E-state index is 13.4. The average molecular weight is 538 g/mol. The molecule has 0 bridgehead atoms. The predicted molar refractivity (Wildman–Crippen MR) is 129 cm³/mol. The molecule has 0 spiro atoms. The zero-order valence-corrected chi connectivity index (χ0v) is 21.1. The summed E-state index contributed by atoms with van der Waals surface area (Å²) >= 11 is 0. The minimum absolute atomic E-state index is 0. The molecule has 1 aromatic rings. The van der Waals surface area contributed by atoms with Crippen molar-refractivity contribution in [3.8, 4) is 0 Å². The highest BCUT2D eigenvalue weighted by Gasteiger charge is 2.25. The van der Waals surface area contributed by atoms with Gasteiger partial charge >= 0.3 is 0 Å². The summed E-state index contributed by atoms with van der Waals surface area (Å²) in [7, 11) is 1.73. The van der Waals surface area contributed by atoms with Gasteiger partial charge in [-0.2, -0.15) is 0 Å². The summed E-state index contributed by atoms with van der Waals surface area (Å²) in [6.45, 7) is 12.4. The van der Waals surface area contributed by atoms with Crippen molar-refractivity contribution in [2.24, 2.45) is 10.4 Å². The molecule has 0 amide bonds. The SMILES string of the molecule is CCNC(=NCC(OC)C(C)(C)C)NC1CCN(Cc2ccc(F)c(F)c2)CC1.I. The van der Waals surface area contributed by atoms with Crippen LogP contribution < -0.4 is 10.6 Å². The average Bonchev–Trinajstić information content (AvgIpc) is 2.66. The molecule has 0 aliphatic carbocycles. The number of rotatable bonds is 7. The molecule has 1 aromatic carbocycles. The molecular formula is C22H37F2IN4O. The second-order valence-electron chi connectivity index (χ2n) is 8.75. The highest BCUT2D eigenvalue weighted by molar-refractivity contribution is 14.0. The van der Waals surface area contributed by atoms with Crippen LogP contribution in [-0.4, -0.2) is 56.3 Å². The molecule has 0 saturated carbocycles. The first kappa shape index (κ1) is 27.0. The van der Waals surface area contributed by atoms with E-state index in [1.54, 1.807) is 13.2 Å². The van der Waals surface area contributed by atoms with Gasteiger partial charge in [0.15, 0.2) is 17.6 Å². The number of hydrogen-bond donors (Lipinski definition) is 2. The highest BCUT2D eigenvalue weighted by Crippen LogP contribution is 2.22. The third-order valence-corrected chi connectivity index (χ3v) is 5.33. The van der Waals surface area contributed by atoms with Gasteiger partial charge in [0.05, 0.1) is 12.6 Å². The molecule has 1 aliphatic heterocycles. The van der Waals surface area contributed by atoms with E-state index in [-0.39, 0.29) is 35.5 Å². The van der Waals surface area contributed by atoms with Gasteiger partial charge in [-0.25, -0.2) is 8.78 Å². The summed E-state index contributed by atoms with van der Waals surface area (Å²) in [5.41, 5.74) is 0.832. The predicted octanol–water partition coefficient (Wildman–Crippen LogP) is 4.16. The third-order valence-electron chi connectivity index (χ3n) is 5.33. The molecule has 172 valence electrons. The van der Waals surface area contributed by atoms with Crippen molar-refractivity contribution in [1.82, 2.24) is 15.5 Å². The Morgan fingerprint density at radius 2 is 1.90 bits per heavy atom. The number of methoxy groups -OCH3 is 1. The number of piperidine rings is 1. The molecule has 2 rings (SSSR count). The quantitative estimate of drug-likeness (QED) is 0.311. The van der Waals surface area contributed by atoms with Gasteiger partial charge < -0.3 is 15.4 Å². The Morgan fingerprint density at radius 3 is 2.43 bits per heavy atom. The van der Waals surface area contributed by atoms with Crippen molar-refractivity contribution in [1.29, 1.82) is 0 Å². The first-order valence-electron chi connectivity index (χ1n) is 10.5. The van der Waals surface area contributed by atoms with E-state index in [1.165, 1.54) is 12.1 Å². The zero-order valence-electron chi connectivity index (χ0n) is 18.8. The second-order valence-corrected chi connectivity index (χ2v) is 8.75. The molecule has 1 unspecified atom stereocenters. The van der Waals surface area contributed by atoms with Crippen LogP contribution in [0.4, 0.5) is 8.78 Å². The minimum Gasteiger partial charge on any atom is -0.379 e. The Balaban J connectivity index is 0.00000450. The molecule has 0 aromatic heterocycles. The molecule has 1 fully saturated rings. The van der Waals surface area contributed by atoms with Crippen LogP contribution >= 0.6 is 24.0 Å². The molecule has 1 saturated heterocycles. The fourth-order valence-corrected chi connectivity index (χ4v) is 3.52. The first-order chi connectivity index (χ1) is 13.7. The monoisotopic (exact) mass is 538 g/mol. The summed E-state index contributed by atoms with van der Waals surface area (Å²) in [4.78, 5) is 7.00. The van der Waals surface area contributed by atoms with Gasteiger partial charge in [0.2, 0.25) is 0 Å². The number of nitrogens with zero attached hydrogens (tertiary/aromatic N) is 2. The Bertz CT molecular complexity index is 674. The Kier molecular flexibility index (Phi) is 11.5. The van der Waals surface area contributed by atoms with E-state index in [0.29, 0.717) is 19.1 Å². The molecule has 30 heavy (non-hydrogen) atoms. The number of hydrogen-bond acceptors (Lipinski definition) is 3. The van der Waals surface area contributed by atoms with E-state index in [2.05, 4.69) is 43.2 Å². The number of aliphatic imine (C=N–C) groups is 1. The number of likely N-dealkylation sites (tertiary alicyclic amines) is 1. The molecule has 1 aliphatic rings. The molecule has 2 N–H and O–H groups in total. The minimum atomic E-state index is -0.797. The topological polar surface area (TPSA) is 48.9 Å². The van der Waals surface area contributed by atoms with Crippen molar-refractivity contribution in [3.05, 3.63) is 35.4 Å².